The monoisotopic (exact) mass is 500 g/mol. The maximum absolute atomic E-state index is 12.5. The molecule has 1 aliphatic rings. The van der Waals surface area contributed by atoms with Gasteiger partial charge in [0.15, 0.2) is 11.5 Å². The molecule has 0 saturated carbocycles. The van der Waals surface area contributed by atoms with Gasteiger partial charge in [0.2, 0.25) is 12.0 Å². The Kier molecular flexibility index (Phi) is 6.12. The minimum atomic E-state index is -1.70. The first kappa shape index (κ1) is 23.8. The third-order valence-electron chi connectivity index (χ3n) is 5.70. The average molecular weight is 500 g/mol. The molecule has 0 spiro atoms. The van der Waals surface area contributed by atoms with Crippen LogP contribution in [0, 0.1) is 0 Å². The van der Waals surface area contributed by atoms with Crippen molar-refractivity contribution in [1.29, 1.82) is 0 Å². The molecular weight excluding hydrogens is 480 g/mol. The summed E-state index contributed by atoms with van der Waals surface area (Å²) in [5, 5.41) is 50.6. The van der Waals surface area contributed by atoms with Crippen molar-refractivity contribution in [2.75, 3.05) is 6.61 Å². The SMILES string of the molecule is O=c1ccc2ccc(Oc3cc4cc(O)c(O[C@@H]5O[C@H](CO)[C@@H](O)[C@H](O)[C@H]5O)cc4oc3=O)cc2o1. The zero-order valence-corrected chi connectivity index (χ0v) is 18.3. The molecule has 5 atom stereocenters. The van der Waals surface area contributed by atoms with Crippen molar-refractivity contribution in [3.05, 3.63) is 69.4 Å². The molecule has 0 radical (unpaired) electrons. The molecule has 3 heterocycles. The second-order valence-electron chi connectivity index (χ2n) is 8.13. The maximum Gasteiger partial charge on any atom is 0.379 e. The van der Waals surface area contributed by atoms with Crippen molar-refractivity contribution < 1.29 is 48.6 Å². The number of aliphatic hydroxyl groups excluding tert-OH is 4. The molecule has 1 fully saturated rings. The van der Waals surface area contributed by atoms with Crippen LogP contribution in [-0.4, -0.2) is 62.8 Å². The van der Waals surface area contributed by atoms with E-state index in [2.05, 4.69) is 0 Å². The predicted molar refractivity (Wildman–Crippen MR) is 121 cm³/mol. The first-order valence-corrected chi connectivity index (χ1v) is 10.7. The van der Waals surface area contributed by atoms with Crippen LogP contribution in [0.25, 0.3) is 21.9 Å². The van der Waals surface area contributed by atoms with Crippen LogP contribution in [0.3, 0.4) is 0 Å². The van der Waals surface area contributed by atoms with Crippen LogP contribution in [0.5, 0.6) is 23.0 Å². The van der Waals surface area contributed by atoms with Crippen LogP contribution in [-0.2, 0) is 4.74 Å². The first-order valence-electron chi connectivity index (χ1n) is 10.7. The highest BCUT2D eigenvalue weighted by Crippen LogP contribution is 2.35. The molecule has 36 heavy (non-hydrogen) atoms. The van der Waals surface area contributed by atoms with E-state index in [1.54, 1.807) is 18.2 Å². The van der Waals surface area contributed by atoms with Gasteiger partial charge in [-0.25, -0.2) is 9.59 Å². The molecule has 0 amide bonds. The Hall–Kier alpha value is -3.94. The summed E-state index contributed by atoms with van der Waals surface area (Å²) >= 11 is 0. The lowest BCUT2D eigenvalue weighted by molar-refractivity contribution is -0.277. The van der Waals surface area contributed by atoms with Crippen molar-refractivity contribution in [2.24, 2.45) is 0 Å². The first-order chi connectivity index (χ1) is 17.2. The fourth-order valence-corrected chi connectivity index (χ4v) is 3.80. The molecular formula is C24H20O12. The van der Waals surface area contributed by atoms with Crippen molar-refractivity contribution in [3.63, 3.8) is 0 Å². The Morgan fingerprint density at radius 3 is 2.33 bits per heavy atom. The van der Waals surface area contributed by atoms with Gasteiger partial charge in [0.1, 0.15) is 41.3 Å². The second kappa shape index (κ2) is 9.26. The highest BCUT2D eigenvalue weighted by molar-refractivity contribution is 5.82. The topological polar surface area (TPSA) is 189 Å². The number of ether oxygens (including phenoxy) is 3. The summed E-state index contributed by atoms with van der Waals surface area (Å²) in [6.07, 6.45) is -7.72. The third-order valence-corrected chi connectivity index (χ3v) is 5.70. The van der Waals surface area contributed by atoms with Gasteiger partial charge in [-0.1, -0.05) is 0 Å². The minimum Gasteiger partial charge on any atom is -0.504 e. The van der Waals surface area contributed by atoms with Gasteiger partial charge in [-0.3, -0.25) is 0 Å². The molecule has 5 N–H and O–H groups in total. The normalized spacial score (nSPS) is 24.2. The van der Waals surface area contributed by atoms with Crippen LogP contribution in [0.15, 0.2) is 67.0 Å². The van der Waals surface area contributed by atoms with Crippen molar-refractivity contribution in [3.8, 4) is 23.0 Å². The molecule has 1 saturated heterocycles. The lowest BCUT2D eigenvalue weighted by atomic mass is 9.99. The smallest absolute Gasteiger partial charge is 0.379 e. The number of hydrogen-bond donors (Lipinski definition) is 5. The summed E-state index contributed by atoms with van der Waals surface area (Å²) in [7, 11) is 0. The number of aliphatic hydroxyl groups is 4. The number of phenols is 1. The van der Waals surface area contributed by atoms with Gasteiger partial charge in [-0.05, 0) is 30.3 Å². The van der Waals surface area contributed by atoms with Crippen molar-refractivity contribution >= 4 is 21.9 Å². The fraction of sp³-hybridized carbons (Fsp3) is 0.250. The van der Waals surface area contributed by atoms with E-state index in [1.165, 1.54) is 30.3 Å². The molecule has 1 aliphatic heterocycles. The van der Waals surface area contributed by atoms with Crippen molar-refractivity contribution in [1.82, 2.24) is 0 Å². The molecule has 12 nitrogen and oxygen atoms in total. The zero-order chi connectivity index (χ0) is 25.6. The summed E-state index contributed by atoms with van der Waals surface area (Å²) in [6, 6.07) is 11.2. The summed E-state index contributed by atoms with van der Waals surface area (Å²) in [5.74, 6) is -0.683. The van der Waals surface area contributed by atoms with E-state index in [1.807, 2.05) is 0 Å². The number of hydrogen-bond acceptors (Lipinski definition) is 12. The predicted octanol–water partition coefficient (Wildman–Crippen LogP) is 0.576. The maximum atomic E-state index is 12.5. The van der Waals surface area contributed by atoms with E-state index in [0.717, 1.165) is 0 Å². The highest BCUT2D eigenvalue weighted by Gasteiger charge is 2.45. The number of fused-ring (bicyclic) bond motifs is 2. The minimum absolute atomic E-state index is 0.00533. The summed E-state index contributed by atoms with van der Waals surface area (Å²) < 4.78 is 26.7. The summed E-state index contributed by atoms with van der Waals surface area (Å²) in [6.45, 7) is -0.657. The van der Waals surface area contributed by atoms with E-state index in [9.17, 15) is 35.1 Å². The molecule has 12 heteroatoms. The number of aromatic hydroxyl groups is 1. The Labute approximate surface area is 200 Å². The second-order valence-corrected chi connectivity index (χ2v) is 8.13. The molecule has 0 aliphatic carbocycles. The Balaban J connectivity index is 1.43. The molecule has 0 unspecified atom stereocenters. The van der Waals surface area contributed by atoms with Gasteiger partial charge < -0.3 is 48.6 Å². The van der Waals surface area contributed by atoms with Gasteiger partial charge in [0.05, 0.1) is 6.61 Å². The van der Waals surface area contributed by atoms with Crippen LogP contribution in [0.1, 0.15) is 0 Å². The van der Waals surface area contributed by atoms with Gasteiger partial charge in [-0.2, -0.15) is 0 Å². The van der Waals surface area contributed by atoms with Gasteiger partial charge >= 0.3 is 11.3 Å². The summed E-state index contributed by atoms with van der Waals surface area (Å²) in [5.41, 5.74) is -1.14. The quantitative estimate of drug-likeness (QED) is 0.240. The number of phenolic OH excluding ortho intramolecular Hbond substituents is 1. The van der Waals surface area contributed by atoms with E-state index in [0.29, 0.717) is 5.39 Å². The Morgan fingerprint density at radius 2 is 1.56 bits per heavy atom. The summed E-state index contributed by atoms with van der Waals surface area (Å²) in [4.78, 5) is 24.0. The Morgan fingerprint density at radius 1 is 0.806 bits per heavy atom. The highest BCUT2D eigenvalue weighted by atomic mass is 16.7. The van der Waals surface area contributed by atoms with E-state index < -0.39 is 54.3 Å². The number of rotatable bonds is 5. The van der Waals surface area contributed by atoms with Gasteiger partial charge in [0.25, 0.3) is 0 Å². The fourth-order valence-electron chi connectivity index (χ4n) is 3.80. The largest absolute Gasteiger partial charge is 0.504 e. The number of benzene rings is 2. The lowest BCUT2D eigenvalue weighted by Crippen LogP contribution is -2.60. The van der Waals surface area contributed by atoms with Crippen LogP contribution in [0.2, 0.25) is 0 Å². The van der Waals surface area contributed by atoms with Crippen LogP contribution in [0.4, 0.5) is 0 Å². The lowest BCUT2D eigenvalue weighted by Gasteiger charge is -2.39. The van der Waals surface area contributed by atoms with Crippen LogP contribution >= 0.6 is 0 Å². The molecule has 4 aromatic rings. The molecule has 5 rings (SSSR count). The molecule has 2 aromatic heterocycles. The standard InChI is InChI=1S/C24H20O12/c25-9-18-20(28)21(29)22(30)24(36-18)35-16-8-15-11(5-13(16)26)6-17(23(31)34-15)32-12-3-1-10-2-4-19(27)33-14(10)7-12/h1-8,18,20-22,24-26,28-30H,9H2/t18-,20-,21+,22-,24-/m1/s1. The molecule has 188 valence electrons. The van der Waals surface area contributed by atoms with Gasteiger partial charge in [-0.15, -0.1) is 0 Å². The molecule has 2 aromatic carbocycles. The van der Waals surface area contributed by atoms with E-state index in [4.69, 9.17) is 23.0 Å². The van der Waals surface area contributed by atoms with Crippen LogP contribution < -0.4 is 20.7 Å². The third kappa shape index (κ3) is 4.39. The molecule has 0 bridgehead atoms. The zero-order valence-electron chi connectivity index (χ0n) is 18.3. The van der Waals surface area contributed by atoms with E-state index in [-0.39, 0.29) is 33.8 Å². The van der Waals surface area contributed by atoms with Crippen molar-refractivity contribution in [2.45, 2.75) is 30.7 Å². The average Bonchev–Trinajstić information content (AvgIpc) is 2.85. The van der Waals surface area contributed by atoms with Gasteiger partial charge in [0, 0.05) is 29.0 Å². The Bertz CT molecular complexity index is 1540. The van der Waals surface area contributed by atoms with E-state index >= 15 is 0 Å².